The van der Waals surface area contributed by atoms with Crippen molar-refractivity contribution in [3.05, 3.63) is 54.1 Å². The Hall–Kier alpha value is -2.12. The van der Waals surface area contributed by atoms with Crippen molar-refractivity contribution in [3.63, 3.8) is 0 Å². The molecule has 0 spiro atoms. The van der Waals surface area contributed by atoms with Gasteiger partial charge in [0.1, 0.15) is 13.9 Å². The molecule has 2 fully saturated rings. The predicted octanol–water partition coefficient (Wildman–Crippen LogP) is 2.35. The highest BCUT2D eigenvalue weighted by Gasteiger charge is 2.51. The van der Waals surface area contributed by atoms with Crippen LogP contribution in [0, 0.1) is 5.92 Å². The summed E-state index contributed by atoms with van der Waals surface area (Å²) < 4.78 is 27.4. The molecule has 1 saturated heterocycles. The van der Waals surface area contributed by atoms with E-state index in [0.29, 0.717) is 18.3 Å². The molecular weight excluding hydrogens is 385 g/mol. The molecule has 0 aromatic heterocycles. The SMILES string of the molecule is [B]c1ccc(-c2ccc(CCS(=O)(=O)N3C(C(=O)O)C[C@H]4CCC[C@H]43)cc2)cc1. The van der Waals surface area contributed by atoms with E-state index in [1.165, 1.54) is 4.31 Å². The Bertz CT molecular complexity index is 988. The fraction of sp³-hybridized carbons (Fsp3) is 0.409. The number of rotatable bonds is 6. The summed E-state index contributed by atoms with van der Waals surface area (Å²) in [5.74, 6) is -0.915. The Morgan fingerprint density at radius 2 is 1.66 bits per heavy atom. The summed E-state index contributed by atoms with van der Waals surface area (Å²) in [6.45, 7) is 0. The first-order chi connectivity index (χ1) is 13.8. The van der Waals surface area contributed by atoms with Gasteiger partial charge in [-0.25, -0.2) is 8.42 Å². The van der Waals surface area contributed by atoms with Crippen LogP contribution in [0.1, 0.15) is 31.2 Å². The summed E-state index contributed by atoms with van der Waals surface area (Å²) in [5.41, 5.74) is 3.71. The second-order valence-corrected chi connectivity index (χ2v) is 10.1. The van der Waals surface area contributed by atoms with Crippen molar-refractivity contribution < 1.29 is 18.3 Å². The van der Waals surface area contributed by atoms with Gasteiger partial charge in [-0.2, -0.15) is 4.31 Å². The average Bonchev–Trinajstić information content (AvgIpc) is 3.29. The van der Waals surface area contributed by atoms with Crippen molar-refractivity contribution in [3.8, 4) is 11.1 Å². The van der Waals surface area contributed by atoms with E-state index in [9.17, 15) is 18.3 Å². The summed E-state index contributed by atoms with van der Waals surface area (Å²) in [6.07, 6.45) is 3.47. The van der Waals surface area contributed by atoms with E-state index in [0.717, 1.165) is 36.0 Å². The van der Waals surface area contributed by atoms with Gasteiger partial charge in [-0.1, -0.05) is 60.4 Å². The van der Waals surface area contributed by atoms with E-state index in [1.807, 2.05) is 48.5 Å². The number of fused-ring (bicyclic) bond motifs is 1. The third kappa shape index (κ3) is 4.12. The lowest BCUT2D eigenvalue weighted by molar-refractivity contribution is -0.141. The monoisotopic (exact) mass is 409 g/mol. The molecule has 150 valence electrons. The van der Waals surface area contributed by atoms with Gasteiger partial charge in [-0.3, -0.25) is 4.79 Å². The Kier molecular flexibility index (Phi) is 5.53. The van der Waals surface area contributed by atoms with Crippen LogP contribution in [0.3, 0.4) is 0 Å². The zero-order valence-corrected chi connectivity index (χ0v) is 17.0. The predicted molar refractivity (Wildman–Crippen MR) is 114 cm³/mol. The smallest absolute Gasteiger partial charge is 0.322 e. The molecule has 29 heavy (non-hydrogen) atoms. The minimum Gasteiger partial charge on any atom is -0.480 e. The average molecular weight is 409 g/mol. The van der Waals surface area contributed by atoms with Crippen molar-refractivity contribution in [2.45, 2.75) is 44.2 Å². The first-order valence-corrected chi connectivity index (χ1v) is 11.6. The van der Waals surface area contributed by atoms with Crippen LogP contribution < -0.4 is 5.46 Å². The van der Waals surface area contributed by atoms with Crippen molar-refractivity contribution >= 4 is 29.3 Å². The first-order valence-electron chi connectivity index (χ1n) is 10.0. The molecule has 2 aromatic rings. The molecule has 1 N–H and O–H groups in total. The van der Waals surface area contributed by atoms with Gasteiger partial charge in [0.2, 0.25) is 10.0 Å². The van der Waals surface area contributed by atoms with Crippen molar-refractivity contribution in [1.82, 2.24) is 4.31 Å². The number of carboxylic acids is 1. The third-order valence-electron chi connectivity index (χ3n) is 6.23. The number of carboxylic acid groups (broad SMARTS) is 1. The highest BCUT2D eigenvalue weighted by atomic mass is 32.2. The lowest BCUT2D eigenvalue weighted by atomic mass is 9.93. The quantitative estimate of drug-likeness (QED) is 0.744. The number of hydrogen-bond donors (Lipinski definition) is 1. The summed E-state index contributed by atoms with van der Waals surface area (Å²) in [6, 6.07) is 14.3. The third-order valence-corrected chi connectivity index (χ3v) is 8.12. The van der Waals surface area contributed by atoms with Gasteiger partial charge in [-0.05, 0) is 48.3 Å². The van der Waals surface area contributed by atoms with Crippen LogP contribution in [0.25, 0.3) is 11.1 Å². The molecule has 2 aliphatic rings. The van der Waals surface area contributed by atoms with E-state index >= 15 is 0 Å². The molecule has 1 heterocycles. The second kappa shape index (κ2) is 7.96. The van der Waals surface area contributed by atoms with Gasteiger partial charge < -0.3 is 5.11 Å². The van der Waals surface area contributed by atoms with Crippen LogP contribution in [0.2, 0.25) is 0 Å². The molecule has 1 unspecified atom stereocenters. The van der Waals surface area contributed by atoms with Gasteiger partial charge in [-0.15, -0.1) is 0 Å². The minimum atomic E-state index is -3.64. The lowest BCUT2D eigenvalue weighted by Gasteiger charge is -2.26. The Balaban J connectivity index is 1.46. The van der Waals surface area contributed by atoms with Gasteiger partial charge in [0.25, 0.3) is 0 Å². The number of nitrogens with zero attached hydrogens (tertiary/aromatic N) is 1. The van der Waals surface area contributed by atoms with Crippen LogP contribution in [0.4, 0.5) is 0 Å². The fourth-order valence-electron chi connectivity index (χ4n) is 4.75. The van der Waals surface area contributed by atoms with Crippen LogP contribution in [0.5, 0.6) is 0 Å². The minimum absolute atomic E-state index is 0.0682. The number of carbonyl (C=O) groups is 1. The number of aliphatic carboxylic acids is 1. The first kappa shape index (κ1) is 20.2. The van der Waals surface area contributed by atoms with Crippen LogP contribution >= 0.6 is 0 Å². The molecule has 1 saturated carbocycles. The molecule has 7 heteroatoms. The van der Waals surface area contributed by atoms with E-state index in [4.69, 9.17) is 7.85 Å². The van der Waals surface area contributed by atoms with E-state index in [1.54, 1.807) is 0 Å². The standard InChI is InChI=1S/C22H24BNO4S/c23-19-10-8-17(9-11-19)16-6-4-15(5-7-16)12-13-29(27,28)24-20-3-1-2-18(20)14-21(24)22(25)26/h4-11,18,20-21H,1-3,12-14H2,(H,25,26)/t18-,20-,21?/m1/s1. The fourth-order valence-corrected chi connectivity index (χ4v) is 6.71. The summed E-state index contributed by atoms with van der Waals surface area (Å²) in [4.78, 5) is 11.6. The molecule has 3 atom stereocenters. The van der Waals surface area contributed by atoms with Crippen molar-refractivity contribution in [2.24, 2.45) is 5.92 Å². The maximum absolute atomic E-state index is 13.0. The van der Waals surface area contributed by atoms with Gasteiger partial charge >= 0.3 is 5.97 Å². The van der Waals surface area contributed by atoms with Crippen LogP contribution in [-0.4, -0.2) is 49.5 Å². The zero-order chi connectivity index (χ0) is 20.6. The van der Waals surface area contributed by atoms with Crippen molar-refractivity contribution in [2.75, 3.05) is 5.75 Å². The maximum atomic E-state index is 13.0. The normalized spacial score (nSPS) is 24.5. The molecule has 4 rings (SSSR count). The molecule has 1 aliphatic carbocycles. The zero-order valence-electron chi connectivity index (χ0n) is 16.2. The number of hydrogen-bond acceptors (Lipinski definition) is 3. The highest BCUT2D eigenvalue weighted by Crippen LogP contribution is 2.43. The topological polar surface area (TPSA) is 74.7 Å². The van der Waals surface area contributed by atoms with Crippen LogP contribution in [-0.2, 0) is 21.2 Å². The molecule has 2 radical (unpaired) electrons. The Labute approximate surface area is 173 Å². The Morgan fingerprint density at radius 3 is 2.28 bits per heavy atom. The molecule has 1 aliphatic heterocycles. The lowest BCUT2D eigenvalue weighted by Crippen LogP contribution is -2.46. The van der Waals surface area contributed by atoms with E-state index < -0.39 is 22.0 Å². The molecule has 0 amide bonds. The molecule has 0 bridgehead atoms. The van der Waals surface area contributed by atoms with Crippen molar-refractivity contribution in [1.29, 1.82) is 0 Å². The molecular formula is C22H24BNO4S. The second-order valence-electron chi connectivity index (χ2n) is 8.06. The Morgan fingerprint density at radius 1 is 1.03 bits per heavy atom. The van der Waals surface area contributed by atoms with Crippen LogP contribution in [0.15, 0.2) is 48.5 Å². The van der Waals surface area contributed by atoms with E-state index in [2.05, 4.69) is 0 Å². The number of sulfonamides is 1. The summed E-state index contributed by atoms with van der Waals surface area (Å²) >= 11 is 0. The number of aryl methyl sites for hydroxylation is 1. The highest BCUT2D eigenvalue weighted by molar-refractivity contribution is 7.89. The van der Waals surface area contributed by atoms with E-state index in [-0.39, 0.29) is 17.7 Å². The number of benzene rings is 2. The van der Waals surface area contributed by atoms with Gasteiger partial charge in [0.05, 0.1) is 5.75 Å². The summed E-state index contributed by atoms with van der Waals surface area (Å²) in [5, 5.41) is 9.53. The molecule has 5 nitrogen and oxygen atoms in total. The van der Waals surface area contributed by atoms with Gasteiger partial charge in [0.15, 0.2) is 0 Å². The van der Waals surface area contributed by atoms with Gasteiger partial charge in [0, 0.05) is 6.04 Å². The maximum Gasteiger partial charge on any atom is 0.322 e. The molecule has 2 aromatic carbocycles. The summed E-state index contributed by atoms with van der Waals surface area (Å²) in [7, 11) is 2.09. The largest absolute Gasteiger partial charge is 0.480 e.